The van der Waals surface area contributed by atoms with Crippen LogP contribution in [0, 0.1) is 5.41 Å². The normalized spacial score (nSPS) is 17.3. The van der Waals surface area contributed by atoms with E-state index in [4.69, 9.17) is 10.1 Å². The topological polar surface area (TPSA) is 95.4 Å². The van der Waals surface area contributed by atoms with Gasteiger partial charge in [-0.2, -0.15) is 0 Å². The van der Waals surface area contributed by atoms with Gasteiger partial charge in [-0.1, -0.05) is 26.3 Å². The first-order valence-corrected chi connectivity index (χ1v) is 10.5. The second-order valence-corrected chi connectivity index (χ2v) is 7.74. The van der Waals surface area contributed by atoms with E-state index in [1.807, 2.05) is 19.1 Å². The van der Waals surface area contributed by atoms with Crippen LogP contribution in [0.5, 0.6) is 5.75 Å². The molecule has 0 bridgehead atoms. The molecule has 7 heteroatoms. The molecule has 4 rings (SSSR count). The number of hydrogen-bond donors (Lipinski definition) is 2. The highest BCUT2D eigenvalue weighted by molar-refractivity contribution is 6.05. The summed E-state index contributed by atoms with van der Waals surface area (Å²) in [5.74, 6) is 0.579. The van der Waals surface area contributed by atoms with Crippen LogP contribution in [0.4, 0.5) is 5.69 Å². The number of rotatable bonds is 7. The van der Waals surface area contributed by atoms with Gasteiger partial charge in [0.2, 0.25) is 0 Å². The standard InChI is InChI=1S/C23H26N4O3/c1-3-5-6-20-23(29)26-17-11-14(8-10-19(17)30-20)18(28)13-27-12-15-7-9-16(4-2)25-21(15)22(27)24/h7-11,20,24H,3-6,12-13H2,1-2H3,(H,26,29). The van der Waals surface area contributed by atoms with Crippen molar-refractivity contribution in [1.82, 2.24) is 9.88 Å². The zero-order valence-corrected chi connectivity index (χ0v) is 17.3. The SMILES string of the molecule is CCCCC1Oc2ccc(C(=O)CN3Cc4ccc(CC)nc4C3=N)cc2NC1=O. The lowest BCUT2D eigenvalue weighted by Crippen LogP contribution is -2.37. The number of Topliss-reactive ketones (excluding diaryl/α,β-unsaturated/α-hetero) is 1. The number of carbonyl (C=O) groups is 2. The molecule has 30 heavy (non-hydrogen) atoms. The van der Waals surface area contributed by atoms with Gasteiger partial charge in [0, 0.05) is 23.4 Å². The molecule has 0 saturated carbocycles. The average Bonchev–Trinajstić information content (AvgIpc) is 3.06. The minimum Gasteiger partial charge on any atom is -0.478 e. The van der Waals surface area contributed by atoms with Gasteiger partial charge in [0.25, 0.3) is 5.91 Å². The predicted octanol–water partition coefficient (Wildman–Crippen LogP) is 3.56. The van der Waals surface area contributed by atoms with Crippen LogP contribution in [0.25, 0.3) is 0 Å². The summed E-state index contributed by atoms with van der Waals surface area (Å²) < 4.78 is 5.82. The summed E-state index contributed by atoms with van der Waals surface area (Å²) in [5, 5.41) is 11.3. The summed E-state index contributed by atoms with van der Waals surface area (Å²) >= 11 is 0. The summed E-state index contributed by atoms with van der Waals surface area (Å²) in [7, 11) is 0. The van der Waals surface area contributed by atoms with E-state index >= 15 is 0 Å². The minimum absolute atomic E-state index is 0.0867. The maximum absolute atomic E-state index is 12.9. The number of hydrogen-bond acceptors (Lipinski definition) is 5. The fourth-order valence-electron chi connectivity index (χ4n) is 3.80. The molecule has 1 unspecified atom stereocenters. The molecular weight excluding hydrogens is 380 g/mol. The molecule has 2 N–H and O–H groups in total. The summed E-state index contributed by atoms with van der Waals surface area (Å²) in [6.45, 7) is 4.69. The van der Waals surface area contributed by atoms with Gasteiger partial charge in [-0.3, -0.25) is 15.0 Å². The van der Waals surface area contributed by atoms with Crippen molar-refractivity contribution >= 4 is 23.2 Å². The van der Waals surface area contributed by atoms with E-state index in [1.54, 1.807) is 23.1 Å². The number of ether oxygens (including phenoxy) is 1. The van der Waals surface area contributed by atoms with Crippen LogP contribution in [-0.4, -0.2) is 40.1 Å². The first kappa shape index (κ1) is 20.1. The molecule has 1 atom stereocenters. The van der Waals surface area contributed by atoms with Gasteiger partial charge < -0.3 is 15.0 Å². The zero-order valence-electron chi connectivity index (χ0n) is 17.3. The Kier molecular flexibility index (Phi) is 5.53. The third-order valence-electron chi connectivity index (χ3n) is 5.58. The van der Waals surface area contributed by atoms with Crippen LogP contribution in [0.15, 0.2) is 30.3 Å². The Morgan fingerprint density at radius 1 is 1.30 bits per heavy atom. The van der Waals surface area contributed by atoms with Crippen LogP contribution in [0.3, 0.4) is 0 Å². The molecule has 0 spiro atoms. The van der Waals surface area contributed by atoms with E-state index in [2.05, 4.69) is 17.2 Å². The molecule has 1 amide bonds. The van der Waals surface area contributed by atoms with E-state index in [-0.39, 0.29) is 24.1 Å². The monoisotopic (exact) mass is 406 g/mol. The number of nitrogens with zero attached hydrogens (tertiary/aromatic N) is 2. The van der Waals surface area contributed by atoms with Crippen LogP contribution in [0.2, 0.25) is 0 Å². The zero-order chi connectivity index (χ0) is 21.3. The Bertz CT molecular complexity index is 1020. The van der Waals surface area contributed by atoms with Crippen LogP contribution >= 0.6 is 0 Å². The van der Waals surface area contributed by atoms with Gasteiger partial charge in [-0.15, -0.1) is 0 Å². The lowest BCUT2D eigenvalue weighted by molar-refractivity contribution is -0.123. The second-order valence-electron chi connectivity index (χ2n) is 7.74. The van der Waals surface area contributed by atoms with Crippen molar-refractivity contribution in [2.24, 2.45) is 0 Å². The highest BCUT2D eigenvalue weighted by Crippen LogP contribution is 2.32. The minimum atomic E-state index is -0.483. The number of carbonyl (C=O) groups excluding carboxylic acids is 2. The number of aryl methyl sites for hydroxylation is 1. The van der Waals surface area contributed by atoms with Crippen LogP contribution < -0.4 is 10.1 Å². The molecule has 0 fully saturated rings. The van der Waals surface area contributed by atoms with E-state index in [9.17, 15) is 9.59 Å². The number of amides is 1. The average molecular weight is 406 g/mol. The number of ketones is 1. The van der Waals surface area contributed by atoms with Crippen molar-refractivity contribution in [3.8, 4) is 5.75 Å². The Hall–Kier alpha value is -3.22. The fourth-order valence-corrected chi connectivity index (χ4v) is 3.80. The molecular formula is C23H26N4O3. The number of benzene rings is 1. The van der Waals surface area contributed by atoms with E-state index in [0.29, 0.717) is 35.7 Å². The molecule has 3 heterocycles. The lowest BCUT2D eigenvalue weighted by atomic mass is 10.1. The fraction of sp³-hybridized carbons (Fsp3) is 0.391. The summed E-state index contributed by atoms with van der Waals surface area (Å²) in [4.78, 5) is 31.4. The molecule has 0 aliphatic carbocycles. The van der Waals surface area contributed by atoms with Crippen molar-refractivity contribution in [1.29, 1.82) is 5.41 Å². The number of anilines is 1. The molecule has 2 aromatic rings. The smallest absolute Gasteiger partial charge is 0.265 e. The molecule has 1 aromatic heterocycles. The molecule has 0 saturated heterocycles. The number of pyridine rings is 1. The predicted molar refractivity (Wildman–Crippen MR) is 114 cm³/mol. The number of aromatic nitrogens is 1. The number of nitrogens with one attached hydrogen (secondary N) is 2. The number of amidine groups is 1. The molecule has 156 valence electrons. The first-order chi connectivity index (χ1) is 14.5. The Balaban J connectivity index is 1.46. The van der Waals surface area contributed by atoms with E-state index in [0.717, 1.165) is 30.5 Å². The van der Waals surface area contributed by atoms with Crippen molar-refractivity contribution in [3.63, 3.8) is 0 Å². The Morgan fingerprint density at radius 3 is 2.90 bits per heavy atom. The first-order valence-electron chi connectivity index (χ1n) is 10.5. The highest BCUT2D eigenvalue weighted by Gasteiger charge is 2.30. The van der Waals surface area contributed by atoms with Gasteiger partial charge in [-0.25, -0.2) is 4.98 Å². The molecule has 1 aromatic carbocycles. The number of unbranched alkanes of at least 4 members (excludes halogenated alkanes) is 1. The van der Waals surface area contributed by atoms with E-state index < -0.39 is 6.10 Å². The van der Waals surface area contributed by atoms with Gasteiger partial charge in [0.1, 0.15) is 17.3 Å². The summed E-state index contributed by atoms with van der Waals surface area (Å²) in [5.41, 5.74) is 3.57. The molecule has 0 radical (unpaired) electrons. The van der Waals surface area contributed by atoms with Gasteiger partial charge in [0.15, 0.2) is 11.9 Å². The Morgan fingerprint density at radius 2 is 2.13 bits per heavy atom. The Labute approximate surface area is 176 Å². The third-order valence-corrected chi connectivity index (χ3v) is 5.58. The molecule has 2 aliphatic heterocycles. The maximum atomic E-state index is 12.9. The van der Waals surface area contributed by atoms with Crippen molar-refractivity contribution in [3.05, 3.63) is 52.8 Å². The van der Waals surface area contributed by atoms with Crippen molar-refractivity contribution in [2.75, 3.05) is 11.9 Å². The third kappa shape index (κ3) is 3.79. The van der Waals surface area contributed by atoms with E-state index in [1.165, 1.54) is 0 Å². The van der Waals surface area contributed by atoms with Crippen molar-refractivity contribution < 1.29 is 14.3 Å². The van der Waals surface area contributed by atoms with Crippen LogP contribution in [0.1, 0.15) is 60.4 Å². The second kappa shape index (κ2) is 8.26. The maximum Gasteiger partial charge on any atom is 0.265 e. The van der Waals surface area contributed by atoms with Gasteiger partial charge in [0.05, 0.1) is 12.2 Å². The van der Waals surface area contributed by atoms with Gasteiger partial charge in [-0.05, 0) is 43.5 Å². The lowest BCUT2D eigenvalue weighted by Gasteiger charge is -2.26. The highest BCUT2D eigenvalue weighted by atomic mass is 16.5. The molecule has 7 nitrogen and oxygen atoms in total. The van der Waals surface area contributed by atoms with Gasteiger partial charge >= 0.3 is 0 Å². The largest absolute Gasteiger partial charge is 0.478 e. The van der Waals surface area contributed by atoms with Crippen molar-refractivity contribution in [2.45, 2.75) is 52.2 Å². The number of fused-ring (bicyclic) bond motifs is 2. The van der Waals surface area contributed by atoms with Crippen LogP contribution in [-0.2, 0) is 17.8 Å². The quantitative estimate of drug-likeness (QED) is 0.686. The molecule has 2 aliphatic rings. The summed E-state index contributed by atoms with van der Waals surface area (Å²) in [6, 6.07) is 9.07. The summed E-state index contributed by atoms with van der Waals surface area (Å²) in [6.07, 6.45) is 2.92.